The first-order valence-electron chi connectivity index (χ1n) is 13.3. The minimum atomic E-state index is -4.44. The van der Waals surface area contributed by atoms with E-state index in [9.17, 15) is 18.0 Å². The van der Waals surface area contributed by atoms with E-state index in [0.717, 1.165) is 4.31 Å². The highest BCUT2D eigenvalue weighted by Gasteiger charge is 2.35. The third kappa shape index (κ3) is 7.63. The number of likely N-dealkylation sites (N-methyl/N-ethyl adjacent to an activating group) is 1. The lowest BCUT2D eigenvalue weighted by atomic mass is 10.1. The summed E-state index contributed by atoms with van der Waals surface area (Å²) in [7, 11) is 2.78. The molecule has 0 saturated heterocycles. The number of methoxy groups -OCH3 is 4. The average molecular weight is 634 g/mol. The van der Waals surface area contributed by atoms with Gasteiger partial charge in [0.15, 0.2) is 11.5 Å². The lowest BCUT2D eigenvalue weighted by Crippen LogP contribution is -2.51. The van der Waals surface area contributed by atoms with Gasteiger partial charge in [0.25, 0.3) is 10.0 Å². The van der Waals surface area contributed by atoms with Gasteiger partial charge in [-0.05, 0) is 54.4 Å². The van der Waals surface area contributed by atoms with Crippen molar-refractivity contribution in [1.82, 2.24) is 10.2 Å². The van der Waals surface area contributed by atoms with E-state index in [-0.39, 0.29) is 46.0 Å². The van der Waals surface area contributed by atoms with E-state index in [1.807, 2.05) is 0 Å². The number of benzene rings is 3. The van der Waals surface area contributed by atoms with Crippen LogP contribution in [-0.4, -0.2) is 73.2 Å². The maximum atomic E-state index is 14.3. The van der Waals surface area contributed by atoms with Gasteiger partial charge in [0, 0.05) is 24.7 Å². The van der Waals surface area contributed by atoms with Crippen LogP contribution < -0.4 is 28.6 Å². The molecule has 232 valence electrons. The Kier molecular flexibility index (Phi) is 11.5. The van der Waals surface area contributed by atoms with Crippen LogP contribution in [0.1, 0.15) is 18.9 Å². The van der Waals surface area contributed by atoms with Crippen molar-refractivity contribution >= 4 is 39.1 Å². The van der Waals surface area contributed by atoms with Gasteiger partial charge in [-0.25, -0.2) is 8.42 Å². The fourth-order valence-corrected chi connectivity index (χ4v) is 6.09. The van der Waals surface area contributed by atoms with Crippen LogP contribution in [0.25, 0.3) is 0 Å². The standard InChI is InChI=1S/C30H36ClN3O8S/c1-7-24(30(36)32-2)33(18-20-8-11-22(39-3)12-9-20)29(35)19-34(25-16-21(31)10-14-26(25)40-4)43(37,38)23-13-15-27(41-5)28(17-23)42-6/h8-17,24H,7,18-19H2,1-6H3,(H,32,36)/t24-/m1/s1. The van der Waals surface area contributed by atoms with Crippen LogP contribution >= 0.6 is 11.6 Å². The van der Waals surface area contributed by atoms with Crippen LogP contribution in [0, 0.1) is 0 Å². The lowest BCUT2D eigenvalue weighted by Gasteiger charge is -2.33. The summed E-state index contributed by atoms with van der Waals surface area (Å²) >= 11 is 6.29. The van der Waals surface area contributed by atoms with Gasteiger partial charge in [-0.3, -0.25) is 13.9 Å². The number of nitrogens with zero attached hydrogens (tertiary/aromatic N) is 2. The molecule has 0 aliphatic rings. The largest absolute Gasteiger partial charge is 0.497 e. The molecule has 0 unspecified atom stereocenters. The first kappa shape index (κ1) is 33.3. The minimum Gasteiger partial charge on any atom is -0.497 e. The Morgan fingerprint density at radius 2 is 1.49 bits per heavy atom. The van der Waals surface area contributed by atoms with E-state index in [1.54, 1.807) is 44.4 Å². The van der Waals surface area contributed by atoms with Crippen LogP contribution in [0.15, 0.2) is 65.6 Å². The summed E-state index contributed by atoms with van der Waals surface area (Å²) in [4.78, 5) is 28.3. The zero-order chi connectivity index (χ0) is 31.7. The molecule has 3 aromatic rings. The number of hydrogen-bond donors (Lipinski definition) is 1. The van der Waals surface area contributed by atoms with Gasteiger partial charge in [0.2, 0.25) is 11.8 Å². The van der Waals surface area contributed by atoms with Crippen molar-refractivity contribution in [3.05, 3.63) is 71.2 Å². The first-order chi connectivity index (χ1) is 20.5. The molecule has 0 aromatic heterocycles. The van der Waals surface area contributed by atoms with E-state index >= 15 is 0 Å². The topological polar surface area (TPSA) is 124 Å². The third-order valence-electron chi connectivity index (χ3n) is 6.78. The summed E-state index contributed by atoms with van der Waals surface area (Å²) in [5.41, 5.74) is 0.752. The molecule has 3 rings (SSSR count). The van der Waals surface area contributed by atoms with Crippen molar-refractivity contribution in [2.75, 3.05) is 46.3 Å². The lowest BCUT2D eigenvalue weighted by molar-refractivity contribution is -0.140. The van der Waals surface area contributed by atoms with Gasteiger partial charge in [-0.15, -0.1) is 0 Å². The number of ether oxygens (including phenoxy) is 4. The predicted octanol–water partition coefficient (Wildman–Crippen LogP) is 4.12. The van der Waals surface area contributed by atoms with Gasteiger partial charge in [0.1, 0.15) is 24.1 Å². The second-order valence-electron chi connectivity index (χ2n) is 9.25. The summed E-state index contributed by atoms with van der Waals surface area (Å²) < 4.78 is 50.7. The average Bonchev–Trinajstić information content (AvgIpc) is 3.02. The van der Waals surface area contributed by atoms with E-state index in [1.165, 1.54) is 63.6 Å². The van der Waals surface area contributed by atoms with Crippen molar-refractivity contribution in [3.8, 4) is 23.0 Å². The van der Waals surface area contributed by atoms with E-state index in [2.05, 4.69) is 5.32 Å². The van der Waals surface area contributed by atoms with Crippen LogP contribution in [0.2, 0.25) is 5.02 Å². The van der Waals surface area contributed by atoms with Gasteiger partial charge in [0.05, 0.1) is 39.0 Å². The molecule has 13 heteroatoms. The fourth-order valence-electron chi connectivity index (χ4n) is 4.49. The van der Waals surface area contributed by atoms with Gasteiger partial charge in [-0.2, -0.15) is 0 Å². The minimum absolute atomic E-state index is 0.0334. The van der Waals surface area contributed by atoms with Crippen LogP contribution in [-0.2, 0) is 26.2 Å². The van der Waals surface area contributed by atoms with Gasteiger partial charge in [-0.1, -0.05) is 30.7 Å². The third-order valence-corrected chi connectivity index (χ3v) is 8.77. The summed E-state index contributed by atoms with van der Waals surface area (Å²) in [5.74, 6) is 0.281. The molecule has 0 saturated carbocycles. The Morgan fingerprint density at radius 1 is 0.860 bits per heavy atom. The highest BCUT2D eigenvalue weighted by atomic mass is 35.5. The molecule has 0 radical (unpaired) electrons. The highest BCUT2D eigenvalue weighted by molar-refractivity contribution is 7.92. The van der Waals surface area contributed by atoms with E-state index in [0.29, 0.717) is 17.1 Å². The summed E-state index contributed by atoms with van der Waals surface area (Å²) in [6.45, 7) is 1.13. The summed E-state index contributed by atoms with van der Waals surface area (Å²) in [6, 6.07) is 14.7. The van der Waals surface area contributed by atoms with Crippen molar-refractivity contribution in [3.63, 3.8) is 0 Å². The second kappa shape index (κ2) is 14.8. The number of hydrogen-bond acceptors (Lipinski definition) is 8. The molecular formula is C30H36ClN3O8S. The first-order valence-corrected chi connectivity index (χ1v) is 15.1. The SMILES string of the molecule is CC[C@H](C(=O)NC)N(Cc1ccc(OC)cc1)C(=O)CN(c1cc(Cl)ccc1OC)S(=O)(=O)c1ccc(OC)c(OC)c1. The molecule has 0 bridgehead atoms. The van der Waals surface area contributed by atoms with Crippen LogP contribution in [0.3, 0.4) is 0 Å². The van der Waals surface area contributed by atoms with Crippen LogP contribution in [0.4, 0.5) is 5.69 Å². The number of carbonyl (C=O) groups excluding carboxylic acids is 2. The smallest absolute Gasteiger partial charge is 0.265 e. The van der Waals surface area contributed by atoms with Crippen LogP contribution in [0.5, 0.6) is 23.0 Å². The van der Waals surface area contributed by atoms with E-state index < -0.39 is 28.5 Å². The number of nitrogens with one attached hydrogen (secondary N) is 1. The summed E-state index contributed by atoms with van der Waals surface area (Å²) in [6.07, 6.45) is 0.282. The zero-order valence-corrected chi connectivity index (χ0v) is 26.5. The van der Waals surface area contributed by atoms with Crippen molar-refractivity contribution < 1.29 is 37.0 Å². The Labute approximate surface area is 257 Å². The molecule has 2 amide bonds. The summed E-state index contributed by atoms with van der Waals surface area (Å²) in [5, 5.41) is 2.82. The Hall–Kier alpha value is -4.16. The Balaban J connectivity index is 2.16. The van der Waals surface area contributed by atoms with Crippen molar-refractivity contribution in [2.45, 2.75) is 30.8 Å². The number of sulfonamides is 1. The molecule has 0 spiro atoms. The number of halogens is 1. The molecule has 3 aromatic carbocycles. The fraction of sp³-hybridized carbons (Fsp3) is 0.333. The molecule has 0 aliphatic carbocycles. The van der Waals surface area contributed by atoms with E-state index in [4.69, 9.17) is 30.5 Å². The second-order valence-corrected chi connectivity index (χ2v) is 11.6. The monoisotopic (exact) mass is 633 g/mol. The maximum absolute atomic E-state index is 14.3. The van der Waals surface area contributed by atoms with Crippen molar-refractivity contribution in [2.24, 2.45) is 0 Å². The molecule has 1 atom stereocenters. The van der Waals surface area contributed by atoms with Gasteiger partial charge < -0.3 is 29.2 Å². The maximum Gasteiger partial charge on any atom is 0.265 e. The molecule has 0 aliphatic heterocycles. The van der Waals surface area contributed by atoms with Gasteiger partial charge >= 0.3 is 0 Å². The molecule has 1 N–H and O–H groups in total. The molecule has 0 fully saturated rings. The highest BCUT2D eigenvalue weighted by Crippen LogP contribution is 2.37. The van der Waals surface area contributed by atoms with Crippen molar-refractivity contribution in [1.29, 1.82) is 0 Å². The number of amides is 2. The number of rotatable bonds is 14. The molecule has 0 heterocycles. The number of anilines is 1. The predicted molar refractivity (Wildman–Crippen MR) is 164 cm³/mol. The Morgan fingerprint density at radius 3 is 2.05 bits per heavy atom. The zero-order valence-electron chi connectivity index (χ0n) is 24.9. The molecular weight excluding hydrogens is 598 g/mol. The normalized spacial score (nSPS) is 11.7. The molecule has 43 heavy (non-hydrogen) atoms. The number of carbonyl (C=O) groups is 2. The quantitative estimate of drug-likeness (QED) is 0.281. The molecule has 11 nitrogen and oxygen atoms in total. The Bertz CT molecular complexity index is 1530.